The van der Waals surface area contributed by atoms with E-state index in [9.17, 15) is 9.59 Å². The smallest absolute Gasteiger partial charge is 0.321 e. The van der Waals surface area contributed by atoms with Crippen molar-refractivity contribution >= 4 is 40.2 Å². The van der Waals surface area contributed by atoms with Gasteiger partial charge in [0.25, 0.3) is 0 Å². The Bertz CT molecular complexity index is 687. The van der Waals surface area contributed by atoms with Crippen molar-refractivity contribution in [1.82, 2.24) is 20.8 Å². The molecule has 0 aromatic carbocycles. The number of aromatic nitrogens is 2. The molecule has 27 heavy (non-hydrogen) atoms. The molecule has 1 aromatic rings. The van der Waals surface area contributed by atoms with Gasteiger partial charge in [-0.15, -0.1) is 10.2 Å². The van der Waals surface area contributed by atoms with E-state index >= 15 is 0 Å². The van der Waals surface area contributed by atoms with Gasteiger partial charge in [0.2, 0.25) is 11.0 Å². The summed E-state index contributed by atoms with van der Waals surface area (Å²) in [5.74, 6) is 1.97. The first-order chi connectivity index (χ1) is 12.9. The van der Waals surface area contributed by atoms with Gasteiger partial charge in [0.05, 0.1) is 5.25 Å². The Kier molecular flexibility index (Phi) is 5.33. The number of amides is 3. The molecule has 1 atom stereocenters. The largest absolute Gasteiger partial charge is 0.360 e. The monoisotopic (exact) mass is 409 g/mol. The maximum Gasteiger partial charge on any atom is 0.321 e. The van der Waals surface area contributed by atoms with Gasteiger partial charge in [0, 0.05) is 12.1 Å². The fraction of sp³-hybridized carbons (Fsp3) is 0.778. The third kappa shape index (κ3) is 4.23. The lowest BCUT2D eigenvalue weighted by atomic mass is 9.53. The minimum atomic E-state index is -0.408. The number of nitrogens with zero attached hydrogens (tertiary/aromatic N) is 2. The van der Waals surface area contributed by atoms with Gasteiger partial charge in [-0.25, -0.2) is 4.79 Å². The quantitative estimate of drug-likeness (QED) is 0.624. The van der Waals surface area contributed by atoms with Crippen molar-refractivity contribution in [2.75, 3.05) is 11.9 Å². The molecule has 4 bridgehead atoms. The average Bonchev–Trinajstić information content (AvgIpc) is 3.00. The molecule has 4 fully saturated rings. The van der Waals surface area contributed by atoms with Crippen LogP contribution in [0, 0.1) is 17.8 Å². The summed E-state index contributed by atoms with van der Waals surface area (Å²) in [7, 11) is 0. The summed E-state index contributed by atoms with van der Waals surface area (Å²) in [4.78, 5) is 24.9. The van der Waals surface area contributed by atoms with E-state index in [-0.39, 0.29) is 17.5 Å². The van der Waals surface area contributed by atoms with Gasteiger partial charge in [0.15, 0.2) is 4.34 Å². The Labute approximate surface area is 167 Å². The molecule has 0 saturated heterocycles. The van der Waals surface area contributed by atoms with Crippen molar-refractivity contribution < 1.29 is 9.59 Å². The Morgan fingerprint density at radius 2 is 1.81 bits per heavy atom. The highest BCUT2D eigenvalue weighted by molar-refractivity contribution is 8.02. The standard InChI is InChI=1S/C18H27N5O2S2/c1-3-19-16-22-23-17(27-16)26-10(2)14(24)20-15(25)21-18-7-11-4-12(8-18)6-13(5-11)9-18/h10-13H,3-9H2,1-2H3,(H,19,22)(H2,20,21,24,25)/t10-,11?,12?,13?,18?/m1/s1. The second-order valence-electron chi connectivity index (χ2n) is 8.30. The summed E-state index contributed by atoms with van der Waals surface area (Å²) in [6.07, 6.45) is 7.19. The van der Waals surface area contributed by atoms with E-state index in [1.807, 2.05) is 6.92 Å². The van der Waals surface area contributed by atoms with Crippen LogP contribution in [-0.2, 0) is 4.79 Å². The summed E-state index contributed by atoms with van der Waals surface area (Å²) >= 11 is 2.74. The minimum absolute atomic E-state index is 0.0879. The number of imide groups is 1. The number of carbonyl (C=O) groups is 2. The van der Waals surface area contributed by atoms with E-state index in [1.165, 1.54) is 42.4 Å². The van der Waals surface area contributed by atoms with Gasteiger partial charge in [-0.3, -0.25) is 10.1 Å². The molecule has 3 N–H and O–H groups in total. The van der Waals surface area contributed by atoms with Crippen LogP contribution in [0.1, 0.15) is 52.4 Å². The second-order valence-corrected chi connectivity index (χ2v) is 10.9. The molecule has 0 radical (unpaired) electrons. The van der Waals surface area contributed by atoms with E-state index in [2.05, 4.69) is 26.1 Å². The van der Waals surface area contributed by atoms with Gasteiger partial charge in [0.1, 0.15) is 0 Å². The number of rotatable bonds is 6. The SMILES string of the molecule is CCNc1nnc(S[C@H](C)C(=O)NC(=O)NC23CC4CC(CC(C4)C2)C3)s1. The number of anilines is 1. The van der Waals surface area contributed by atoms with Crippen molar-refractivity contribution in [3.05, 3.63) is 0 Å². The Morgan fingerprint density at radius 1 is 1.19 bits per heavy atom. The molecule has 148 valence electrons. The molecular weight excluding hydrogens is 382 g/mol. The number of thioether (sulfide) groups is 1. The zero-order valence-electron chi connectivity index (χ0n) is 15.8. The van der Waals surface area contributed by atoms with Crippen LogP contribution in [0.4, 0.5) is 9.93 Å². The zero-order chi connectivity index (χ0) is 19.0. The molecule has 0 spiro atoms. The summed E-state index contributed by atoms with van der Waals surface area (Å²) in [6.45, 7) is 4.55. The lowest BCUT2D eigenvalue weighted by Crippen LogP contribution is -2.62. The van der Waals surface area contributed by atoms with Crippen LogP contribution < -0.4 is 16.0 Å². The normalized spacial score (nSPS) is 32.1. The predicted molar refractivity (Wildman–Crippen MR) is 107 cm³/mol. The molecular formula is C18H27N5O2S2. The summed E-state index contributed by atoms with van der Waals surface area (Å²) in [6, 6.07) is -0.347. The Balaban J connectivity index is 1.29. The van der Waals surface area contributed by atoms with E-state index in [4.69, 9.17) is 0 Å². The molecule has 1 aromatic heterocycles. The zero-order valence-corrected chi connectivity index (χ0v) is 17.4. The van der Waals surface area contributed by atoms with Gasteiger partial charge in [-0.05, 0) is 70.1 Å². The highest BCUT2D eigenvalue weighted by Gasteiger charge is 2.51. The van der Waals surface area contributed by atoms with E-state index < -0.39 is 5.25 Å². The summed E-state index contributed by atoms with van der Waals surface area (Å²) in [5.41, 5.74) is -0.0879. The van der Waals surface area contributed by atoms with Gasteiger partial charge >= 0.3 is 6.03 Å². The fourth-order valence-electron chi connectivity index (χ4n) is 5.43. The number of hydrogen-bond acceptors (Lipinski definition) is 7. The minimum Gasteiger partial charge on any atom is -0.360 e. The molecule has 5 rings (SSSR count). The van der Waals surface area contributed by atoms with Crippen LogP contribution >= 0.6 is 23.1 Å². The predicted octanol–water partition coefficient (Wildman–Crippen LogP) is 3.25. The molecule has 0 aliphatic heterocycles. The molecule has 3 amide bonds. The first-order valence-corrected chi connectivity index (χ1v) is 11.5. The molecule has 1 heterocycles. The van der Waals surface area contributed by atoms with E-state index in [1.54, 1.807) is 6.92 Å². The maximum absolute atomic E-state index is 12.5. The fourth-order valence-corrected chi connectivity index (χ4v) is 7.40. The van der Waals surface area contributed by atoms with Crippen molar-refractivity contribution in [3.63, 3.8) is 0 Å². The second kappa shape index (κ2) is 7.58. The maximum atomic E-state index is 12.5. The van der Waals surface area contributed by atoms with Crippen LogP contribution in [0.5, 0.6) is 0 Å². The summed E-state index contributed by atoms with van der Waals surface area (Å²) < 4.78 is 0.718. The van der Waals surface area contributed by atoms with E-state index in [0.717, 1.165) is 53.0 Å². The average molecular weight is 410 g/mol. The molecule has 7 nitrogen and oxygen atoms in total. The number of nitrogens with one attached hydrogen (secondary N) is 3. The highest BCUT2D eigenvalue weighted by atomic mass is 32.2. The summed E-state index contributed by atoms with van der Waals surface area (Å²) in [5, 5.41) is 17.3. The van der Waals surface area contributed by atoms with Crippen molar-refractivity contribution in [2.24, 2.45) is 17.8 Å². The number of carbonyl (C=O) groups excluding carboxylic acids is 2. The van der Waals surface area contributed by atoms with Gasteiger partial charge < -0.3 is 10.6 Å². The molecule has 9 heteroatoms. The first kappa shape index (κ1) is 19.0. The number of urea groups is 1. The lowest BCUT2D eigenvalue weighted by molar-refractivity contribution is -0.119. The molecule has 4 aliphatic rings. The molecule has 0 unspecified atom stereocenters. The Hall–Kier alpha value is -1.35. The van der Waals surface area contributed by atoms with Crippen LogP contribution in [0.2, 0.25) is 0 Å². The van der Waals surface area contributed by atoms with Crippen molar-refractivity contribution in [1.29, 1.82) is 0 Å². The van der Waals surface area contributed by atoms with Crippen LogP contribution in [0.15, 0.2) is 4.34 Å². The van der Waals surface area contributed by atoms with Crippen LogP contribution in [-0.4, -0.2) is 39.5 Å². The van der Waals surface area contributed by atoms with Crippen LogP contribution in [0.25, 0.3) is 0 Å². The van der Waals surface area contributed by atoms with Crippen molar-refractivity contribution in [3.8, 4) is 0 Å². The third-order valence-electron chi connectivity index (χ3n) is 6.03. The van der Waals surface area contributed by atoms with E-state index in [0.29, 0.717) is 0 Å². The topological polar surface area (TPSA) is 96.0 Å². The highest BCUT2D eigenvalue weighted by Crippen LogP contribution is 2.55. The van der Waals surface area contributed by atoms with Crippen LogP contribution in [0.3, 0.4) is 0 Å². The van der Waals surface area contributed by atoms with Crippen molar-refractivity contribution in [2.45, 2.75) is 67.5 Å². The first-order valence-electron chi connectivity index (χ1n) is 9.82. The third-order valence-corrected chi connectivity index (χ3v) is 8.10. The lowest BCUT2D eigenvalue weighted by Gasteiger charge is -2.56. The van der Waals surface area contributed by atoms with Gasteiger partial charge in [-0.2, -0.15) is 0 Å². The molecule has 4 aliphatic carbocycles. The Morgan fingerprint density at radius 3 is 2.41 bits per heavy atom. The number of hydrogen-bond donors (Lipinski definition) is 3. The van der Waals surface area contributed by atoms with Gasteiger partial charge in [-0.1, -0.05) is 23.1 Å². The molecule has 4 saturated carbocycles.